The van der Waals surface area contributed by atoms with Gasteiger partial charge in [-0.2, -0.15) is 4.31 Å². The van der Waals surface area contributed by atoms with Crippen molar-refractivity contribution in [3.05, 3.63) is 65.5 Å². The minimum atomic E-state index is -3.85. The summed E-state index contributed by atoms with van der Waals surface area (Å²) in [4.78, 5) is 27.7. The van der Waals surface area contributed by atoms with Gasteiger partial charge in [0.15, 0.2) is 5.78 Å². The summed E-state index contributed by atoms with van der Waals surface area (Å²) in [5.74, 6) is -0.678. The molecule has 1 saturated heterocycles. The minimum absolute atomic E-state index is 0.0301. The lowest BCUT2D eigenvalue weighted by atomic mass is 10.2. The molecule has 1 aliphatic heterocycles. The molecule has 0 aromatic heterocycles. The molecule has 3 rings (SSSR count). The van der Waals surface area contributed by atoms with E-state index in [1.54, 1.807) is 23.1 Å². The average Bonchev–Trinajstić information content (AvgIpc) is 2.75. The number of ketones is 1. The van der Waals surface area contributed by atoms with Crippen LogP contribution in [0.25, 0.3) is 0 Å². The van der Waals surface area contributed by atoms with Gasteiger partial charge in [0.2, 0.25) is 15.9 Å². The number of rotatable bonds is 7. The van der Waals surface area contributed by atoms with Crippen LogP contribution >= 0.6 is 0 Å². The summed E-state index contributed by atoms with van der Waals surface area (Å²) in [5.41, 5.74) is 1.04. The number of carbonyl (C=O) groups excluding carboxylic acids is 2. The van der Waals surface area contributed by atoms with Crippen molar-refractivity contribution in [3.8, 4) is 0 Å². The van der Waals surface area contributed by atoms with Crippen LogP contribution in [0.2, 0.25) is 0 Å². The van der Waals surface area contributed by atoms with Gasteiger partial charge in [0, 0.05) is 50.9 Å². The molecule has 2 aromatic rings. The third kappa shape index (κ3) is 5.55. The van der Waals surface area contributed by atoms with Crippen LogP contribution < -0.4 is 0 Å². The number of hydrogen-bond acceptors (Lipinski definition) is 5. The van der Waals surface area contributed by atoms with E-state index in [9.17, 15) is 22.4 Å². The molecule has 0 spiro atoms. The van der Waals surface area contributed by atoms with E-state index < -0.39 is 10.0 Å². The summed E-state index contributed by atoms with van der Waals surface area (Å²) in [6, 6.07) is 12.3. The largest absolute Gasteiger partial charge is 0.339 e. The van der Waals surface area contributed by atoms with E-state index in [0.29, 0.717) is 43.9 Å². The Balaban J connectivity index is 1.55. The number of sulfonamides is 1. The van der Waals surface area contributed by atoms with E-state index in [1.165, 1.54) is 44.3 Å². The molecular formula is C22H26FN3O4S. The van der Waals surface area contributed by atoms with Crippen LogP contribution in [0.3, 0.4) is 0 Å². The van der Waals surface area contributed by atoms with Crippen LogP contribution in [0.4, 0.5) is 4.39 Å². The lowest BCUT2D eigenvalue weighted by Gasteiger charge is -2.35. The van der Waals surface area contributed by atoms with Crippen LogP contribution in [0.1, 0.15) is 22.8 Å². The molecule has 0 N–H and O–H groups in total. The number of nitrogens with zero attached hydrogens (tertiary/aromatic N) is 3. The standard InChI is InChI=1S/C22H26FN3O4S/c1-17(27)18-7-9-20(10-8-18)31(29,30)24(2)16-22(28)26-13-11-25(12-14-26)15-19-5-3-4-6-21(19)23/h3-10H,11-16H2,1-2H3. The van der Waals surface area contributed by atoms with Crippen molar-refractivity contribution in [1.82, 2.24) is 14.1 Å². The molecule has 1 fully saturated rings. The number of likely N-dealkylation sites (N-methyl/N-ethyl adjacent to an activating group) is 1. The Morgan fingerprint density at radius 1 is 1.00 bits per heavy atom. The molecular weight excluding hydrogens is 421 g/mol. The Morgan fingerprint density at radius 2 is 1.61 bits per heavy atom. The molecule has 1 amide bonds. The number of halogens is 1. The molecule has 0 bridgehead atoms. The molecule has 31 heavy (non-hydrogen) atoms. The van der Waals surface area contributed by atoms with Gasteiger partial charge in [-0.25, -0.2) is 12.8 Å². The van der Waals surface area contributed by atoms with Gasteiger partial charge in [0.1, 0.15) is 5.82 Å². The molecule has 0 aliphatic carbocycles. The normalized spacial score (nSPS) is 15.3. The van der Waals surface area contributed by atoms with Crippen molar-refractivity contribution in [2.75, 3.05) is 39.8 Å². The predicted octanol–water partition coefficient (Wildman–Crippen LogP) is 1.99. The van der Waals surface area contributed by atoms with Crippen LogP contribution in [0.15, 0.2) is 53.4 Å². The second kappa shape index (κ2) is 9.67. The Labute approximate surface area is 182 Å². The molecule has 9 heteroatoms. The summed E-state index contributed by atoms with van der Waals surface area (Å²) >= 11 is 0. The summed E-state index contributed by atoms with van der Waals surface area (Å²) in [6.45, 7) is 3.68. The zero-order valence-corrected chi connectivity index (χ0v) is 18.4. The summed E-state index contributed by atoms with van der Waals surface area (Å²) in [5, 5.41) is 0. The summed E-state index contributed by atoms with van der Waals surface area (Å²) < 4.78 is 40.3. The predicted molar refractivity (Wildman–Crippen MR) is 115 cm³/mol. The molecule has 166 valence electrons. The Morgan fingerprint density at radius 3 is 2.19 bits per heavy atom. The summed E-state index contributed by atoms with van der Waals surface area (Å²) in [7, 11) is -2.49. The maximum absolute atomic E-state index is 13.8. The molecule has 0 unspecified atom stereocenters. The highest BCUT2D eigenvalue weighted by atomic mass is 32.2. The van der Waals surface area contributed by atoms with Gasteiger partial charge >= 0.3 is 0 Å². The topological polar surface area (TPSA) is 78.0 Å². The molecule has 1 aliphatic rings. The van der Waals surface area contributed by atoms with Crippen LogP contribution in [0.5, 0.6) is 0 Å². The van der Waals surface area contributed by atoms with Crippen molar-refractivity contribution in [2.45, 2.75) is 18.4 Å². The van der Waals surface area contributed by atoms with Crippen molar-refractivity contribution < 1.29 is 22.4 Å². The van der Waals surface area contributed by atoms with Gasteiger partial charge in [-0.1, -0.05) is 30.3 Å². The summed E-state index contributed by atoms with van der Waals surface area (Å²) in [6.07, 6.45) is 0. The highest BCUT2D eigenvalue weighted by Gasteiger charge is 2.27. The van der Waals surface area contributed by atoms with Gasteiger partial charge in [-0.05, 0) is 25.1 Å². The van der Waals surface area contributed by atoms with Crippen molar-refractivity contribution in [2.24, 2.45) is 0 Å². The average molecular weight is 448 g/mol. The number of amides is 1. The number of benzene rings is 2. The highest BCUT2D eigenvalue weighted by Crippen LogP contribution is 2.17. The van der Waals surface area contributed by atoms with Gasteiger partial charge < -0.3 is 4.90 Å². The van der Waals surface area contributed by atoms with Crippen molar-refractivity contribution in [1.29, 1.82) is 0 Å². The zero-order chi connectivity index (χ0) is 22.6. The van der Waals surface area contributed by atoms with E-state index in [2.05, 4.69) is 4.90 Å². The first-order valence-electron chi connectivity index (χ1n) is 9.99. The van der Waals surface area contributed by atoms with Crippen LogP contribution in [0, 0.1) is 5.82 Å². The van der Waals surface area contributed by atoms with E-state index in [1.807, 2.05) is 0 Å². The van der Waals surface area contributed by atoms with E-state index in [0.717, 1.165) is 4.31 Å². The second-order valence-corrected chi connectivity index (χ2v) is 9.63. The highest BCUT2D eigenvalue weighted by molar-refractivity contribution is 7.89. The monoisotopic (exact) mass is 447 g/mol. The first-order chi connectivity index (χ1) is 14.7. The second-order valence-electron chi connectivity index (χ2n) is 7.59. The van der Waals surface area contributed by atoms with Gasteiger partial charge in [0.05, 0.1) is 11.4 Å². The zero-order valence-electron chi connectivity index (χ0n) is 17.6. The number of piperazine rings is 1. The molecule has 1 heterocycles. The van der Waals surface area contributed by atoms with Crippen molar-refractivity contribution >= 4 is 21.7 Å². The Kier molecular flexibility index (Phi) is 7.19. The molecule has 2 aromatic carbocycles. The van der Waals surface area contributed by atoms with E-state index in [-0.39, 0.29) is 28.9 Å². The Hall–Kier alpha value is -2.62. The minimum Gasteiger partial charge on any atom is -0.339 e. The van der Waals surface area contributed by atoms with E-state index in [4.69, 9.17) is 0 Å². The fourth-order valence-corrected chi connectivity index (χ4v) is 4.56. The third-order valence-electron chi connectivity index (χ3n) is 5.40. The van der Waals surface area contributed by atoms with Gasteiger partial charge in [0.25, 0.3) is 0 Å². The smallest absolute Gasteiger partial charge is 0.243 e. The maximum atomic E-state index is 13.8. The molecule has 7 nitrogen and oxygen atoms in total. The quantitative estimate of drug-likeness (QED) is 0.607. The third-order valence-corrected chi connectivity index (χ3v) is 7.22. The van der Waals surface area contributed by atoms with Crippen LogP contribution in [-0.2, 0) is 21.4 Å². The lowest BCUT2D eigenvalue weighted by molar-refractivity contribution is -0.133. The molecule has 0 saturated carbocycles. The fraction of sp³-hybridized carbons (Fsp3) is 0.364. The first kappa shape index (κ1) is 23.1. The van der Waals surface area contributed by atoms with Crippen LogP contribution in [-0.4, -0.2) is 74.0 Å². The fourth-order valence-electron chi connectivity index (χ4n) is 3.44. The number of hydrogen-bond donors (Lipinski definition) is 0. The first-order valence-corrected chi connectivity index (χ1v) is 11.4. The van der Waals surface area contributed by atoms with Gasteiger partial charge in [-0.3, -0.25) is 14.5 Å². The maximum Gasteiger partial charge on any atom is 0.243 e. The molecule has 0 radical (unpaired) electrons. The van der Waals surface area contributed by atoms with E-state index >= 15 is 0 Å². The SMILES string of the molecule is CC(=O)c1ccc(S(=O)(=O)N(C)CC(=O)N2CCN(Cc3ccccc3F)CC2)cc1. The van der Waals surface area contributed by atoms with Gasteiger partial charge in [-0.15, -0.1) is 0 Å². The Bertz CT molecular complexity index is 1050. The number of Topliss-reactive ketones (excluding diaryl/α,β-unsaturated/α-hetero) is 1. The van der Waals surface area contributed by atoms with Crippen molar-refractivity contribution in [3.63, 3.8) is 0 Å². The lowest BCUT2D eigenvalue weighted by Crippen LogP contribution is -2.51. The molecule has 0 atom stereocenters. The number of carbonyl (C=O) groups is 2.